The minimum absolute atomic E-state index is 0.0362. The molecule has 35 heavy (non-hydrogen) atoms. The van der Waals surface area contributed by atoms with Gasteiger partial charge in [-0.15, -0.1) is 0 Å². The number of ether oxygens (including phenoxy) is 2. The van der Waals surface area contributed by atoms with E-state index >= 15 is 0 Å². The van der Waals surface area contributed by atoms with Crippen molar-refractivity contribution in [3.8, 4) is 11.5 Å². The summed E-state index contributed by atoms with van der Waals surface area (Å²) in [5.74, 6) is 2.37. The molecule has 0 bridgehead atoms. The van der Waals surface area contributed by atoms with Gasteiger partial charge >= 0.3 is 5.24 Å². The van der Waals surface area contributed by atoms with Crippen molar-refractivity contribution in [1.29, 1.82) is 0 Å². The Hall–Kier alpha value is -3.00. The van der Waals surface area contributed by atoms with E-state index in [2.05, 4.69) is 55.9 Å². The summed E-state index contributed by atoms with van der Waals surface area (Å²) in [5, 5.41) is 6.02. The van der Waals surface area contributed by atoms with Crippen molar-refractivity contribution in [2.75, 3.05) is 32.7 Å². The van der Waals surface area contributed by atoms with Gasteiger partial charge in [-0.2, -0.15) is 5.10 Å². The lowest BCUT2D eigenvalue weighted by molar-refractivity contribution is 0.234. The number of hydrogen-bond acceptors (Lipinski definition) is 6. The summed E-state index contributed by atoms with van der Waals surface area (Å²) in [7, 11) is 5.04. The van der Waals surface area contributed by atoms with Crippen LogP contribution in [0.15, 0.2) is 46.5 Å². The molecule has 2 aliphatic heterocycles. The molecular formula is C27H34N4O3S. The number of thioether (sulfide) groups is 1. The van der Waals surface area contributed by atoms with Gasteiger partial charge in [0.25, 0.3) is 0 Å². The Morgan fingerprint density at radius 3 is 2.60 bits per heavy atom. The number of aryl methyl sites for hydroxylation is 1. The maximum atomic E-state index is 12.2. The number of nitrogens with zero attached hydrogens (tertiary/aromatic N) is 4. The molecule has 186 valence electrons. The van der Waals surface area contributed by atoms with Crippen molar-refractivity contribution in [3.05, 3.63) is 53.1 Å². The van der Waals surface area contributed by atoms with Gasteiger partial charge in [-0.05, 0) is 75.9 Å². The Bertz CT molecular complexity index is 1190. The molecule has 0 N–H and O–H groups in total. The van der Waals surface area contributed by atoms with Gasteiger partial charge in [-0.3, -0.25) is 9.79 Å². The SMILES string of the molecule is COc1ccc(/C(=N/C(C)C)N2CCCc3cc(C4=NN(C)C(=O)SC4(C)C)ccc32)c(OC)c1. The molecule has 7 nitrogen and oxygen atoms in total. The normalized spacial score (nSPS) is 17.9. The van der Waals surface area contributed by atoms with Gasteiger partial charge in [0.15, 0.2) is 0 Å². The fraction of sp³-hybridized carbons (Fsp3) is 0.444. The summed E-state index contributed by atoms with van der Waals surface area (Å²) >= 11 is 1.31. The lowest BCUT2D eigenvalue weighted by Crippen LogP contribution is -2.40. The number of rotatable bonds is 5. The summed E-state index contributed by atoms with van der Waals surface area (Å²) < 4.78 is 10.7. The van der Waals surface area contributed by atoms with Gasteiger partial charge in [0, 0.05) is 31.4 Å². The fourth-order valence-corrected chi connectivity index (χ4v) is 5.39. The van der Waals surface area contributed by atoms with Gasteiger partial charge in [0.05, 0.1) is 30.2 Å². The predicted octanol–water partition coefficient (Wildman–Crippen LogP) is 5.59. The summed E-state index contributed by atoms with van der Waals surface area (Å²) in [6.45, 7) is 9.14. The molecule has 0 saturated carbocycles. The van der Waals surface area contributed by atoms with Crippen LogP contribution in [0.3, 0.4) is 0 Å². The van der Waals surface area contributed by atoms with Crippen molar-refractivity contribution < 1.29 is 14.3 Å². The highest BCUT2D eigenvalue weighted by Crippen LogP contribution is 2.38. The van der Waals surface area contributed by atoms with Crippen LogP contribution in [0.1, 0.15) is 50.8 Å². The molecule has 0 spiro atoms. The lowest BCUT2D eigenvalue weighted by Gasteiger charge is -2.35. The van der Waals surface area contributed by atoms with Crippen LogP contribution in [0.2, 0.25) is 0 Å². The zero-order valence-corrected chi connectivity index (χ0v) is 22.4. The largest absolute Gasteiger partial charge is 0.497 e. The molecule has 8 heteroatoms. The number of carbonyl (C=O) groups excluding carboxylic acids is 1. The molecule has 4 rings (SSSR count). The number of methoxy groups -OCH3 is 2. The van der Waals surface area contributed by atoms with E-state index in [0.29, 0.717) is 0 Å². The molecular weight excluding hydrogens is 460 g/mol. The Kier molecular flexibility index (Phi) is 7.12. The molecule has 1 amide bonds. The van der Waals surface area contributed by atoms with Crippen LogP contribution in [0.5, 0.6) is 11.5 Å². The number of benzene rings is 2. The van der Waals surface area contributed by atoms with Crippen molar-refractivity contribution in [2.45, 2.75) is 51.3 Å². The van der Waals surface area contributed by atoms with E-state index in [1.807, 2.05) is 18.2 Å². The number of amidine groups is 1. The number of hydrogen-bond donors (Lipinski definition) is 0. The Morgan fingerprint density at radius 2 is 1.91 bits per heavy atom. The van der Waals surface area contributed by atoms with Crippen LogP contribution in [0.25, 0.3) is 0 Å². The molecule has 2 heterocycles. The third-order valence-corrected chi connectivity index (χ3v) is 7.33. The van der Waals surface area contributed by atoms with E-state index in [1.54, 1.807) is 21.3 Å². The van der Waals surface area contributed by atoms with Crippen molar-refractivity contribution in [2.24, 2.45) is 10.1 Å². The van der Waals surface area contributed by atoms with E-state index in [4.69, 9.17) is 14.5 Å². The summed E-state index contributed by atoms with van der Waals surface area (Å²) in [5.41, 5.74) is 5.29. The first-order chi connectivity index (χ1) is 16.6. The van der Waals surface area contributed by atoms with Gasteiger partial charge in [0.2, 0.25) is 0 Å². The van der Waals surface area contributed by atoms with Gasteiger partial charge in [-0.1, -0.05) is 17.8 Å². The fourth-order valence-electron chi connectivity index (χ4n) is 4.53. The van der Waals surface area contributed by atoms with Crippen molar-refractivity contribution in [3.63, 3.8) is 0 Å². The second-order valence-corrected chi connectivity index (χ2v) is 11.1. The number of amides is 1. The number of aliphatic imine (C=N–C) groups is 1. The Balaban J connectivity index is 1.78. The van der Waals surface area contributed by atoms with Crippen molar-refractivity contribution in [1.82, 2.24) is 5.01 Å². The van der Waals surface area contributed by atoms with E-state index in [0.717, 1.165) is 59.2 Å². The predicted molar refractivity (Wildman–Crippen MR) is 145 cm³/mol. The molecule has 0 atom stereocenters. The highest BCUT2D eigenvalue weighted by molar-refractivity contribution is 8.15. The first-order valence-corrected chi connectivity index (χ1v) is 12.7. The van der Waals surface area contributed by atoms with Gasteiger partial charge in [0.1, 0.15) is 17.3 Å². The Labute approximate surface area is 212 Å². The van der Waals surface area contributed by atoms with E-state index < -0.39 is 4.75 Å². The second-order valence-electron chi connectivity index (χ2n) is 9.56. The standard InChI is InChI=1S/C27H34N4O3S/c1-17(2)28-25(21-12-11-20(33-6)16-23(21)34-7)31-14-8-9-18-15-19(10-13-22(18)31)24-27(3,4)35-26(32)30(5)29-24/h10-13,15-17H,8-9,14H2,1-7H3/b28-25-. The molecule has 0 aliphatic carbocycles. The molecule has 0 saturated heterocycles. The van der Waals surface area contributed by atoms with Gasteiger partial charge in [-0.25, -0.2) is 5.01 Å². The monoisotopic (exact) mass is 494 g/mol. The van der Waals surface area contributed by atoms with Crippen LogP contribution in [-0.4, -0.2) is 60.4 Å². The molecule has 2 aliphatic rings. The summed E-state index contributed by atoms with van der Waals surface area (Å²) in [6.07, 6.45) is 1.99. The van der Waals surface area contributed by atoms with E-state index in [-0.39, 0.29) is 11.3 Å². The third-order valence-electron chi connectivity index (χ3n) is 6.18. The first kappa shape index (κ1) is 25.1. The van der Waals surface area contributed by atoms with Crippen LogP contribution in [-0.2, 0) is 6.42 Å². The van der Waals surface area contributed by atoms with Crippen molar-refractivity contribution >= 4 is 34.2 Å². The highest BCUT2D eigenvalue weighted by Gasteiger charge is 2.37. The smallest absolute Gasteiger partial charge is 0.302 e. The minimum atomic E-state index is -0.396. The van der Waals surface area contributed by atoms with E-state index in [1.165, 1.54) is 22.3 Å². The maximum Gasteiger partial charge on any atom is 0.302 e. The summed E-state index contributed by atoms with van der Waals surface area (Å²) in [4.78, 5) is 19.5. The Morgan fingerprint density at radius 1 is 1.14 bits per heavy atom. The molecule has 0 fully saturated rings. The highest BCUT2D eigenvalue weighted by atomic mass is 32.2. The quantitative estimate of drug-likeness (QED) is 0.400. The van der Waals surface area contributed by atoms with Crippen LogP contribution >= 0.6 is 11.8 Å². The average molecular weight is 495 g/mol. The third kappa shape index (κ3) is 5.03. The number of hydrazone groups is 1. The van der Waals surface area contributed by atoms with Crippen LogP contribution in [0, 0.1) is 0 Å². The molecule has 2 aromatic rings. The molecule has 0 aromatic heterocycles. The first-order valence-electron chi connectivity index (χ1n) is 11.9. The topological polar surface area (TPSA) is 66.7 Å². The van der Waals surface area contributed by atoms with Crippen LogP contribution < -0.4 is 14.4 Å². The zero-order valence-electron chi connectivity index (χ0n) is 21.6. The van der Waals surface area contributed by atoms with Crippen LogP contribution in [0.4, 0.5) is 10.5 Å². The average Bonchev–Trinajstić information content (AvgIpc) is 2.83. The number of carbonyl (C=O) groups is 1. The molecule has 0 unspecified atom stereocenters. The lowest BCUT2D eigenvalue weighted by atomic mass is 9.93. The number of anilines is 1. The second kappa shape index (κ2) is 9.93. The maximum absolute atomic E-state index is 12.2. The zero-order chi connectivity index (χ0) is 25.3. The molecule has 2 aromatic carbocycles. The minimum Gasteiger partial charge on any atom is -0.497 e. The number of fused-ring (bicyclic) bond motifs is 1. The van der Waals surface area contributed by atoms with Gasteiger partial charge < -0.3 is 14.4 Å². The van der Waals surface area contributed by atoms with E-state index in [9.17, 15) is 4.79 Å². The summed E-state index contributed by atoms with van der Waals surface area (Å²) in [6, 6.07) is 12.5. The molecule has 0 radical (unpaired) electrons.